The highest BCUT2D eigenvalue weighted by molar-refractivity contribution is 6.31. The van der Waals surface area contributed by atoms with Crippen molar-refractivity contribution >= 4 is 34.3 Å². The summed E-state index contributed by atoms with van der Waals surface area (Å²) in [6.45, 7) is 1.40. The van der Waals surface area contributed by atoms with Gasteiger partial charge in [-0.25, -0.2) is 4.79 Å². The fourth-order valence-corrected chi connectivity index (χ4v) is 3.92. The minimum Gasteiger partial charge on any atom is -0.465 e. The Kier molecular flexibility index (Phi) is 5.40. The van der Waals surface area contributed by atoms with E-state index in [0.29, 0.717) is 37.5 Å². The Balaban J connectivity index is 1.67. The van der Waals surface area contributed by atoms with Gasteiger partial charge in [-0.3, -0.25) is 9.78 Å². The number of pyridine rings is 2. The number of hydrogen-bond donors (Lipinski definition) is 2. The van der Waals surface area contributed by atoms with E-state index in [1.54, 1.807) is 29.1 Å². The van der Waals surface area contributed by atoms with Gasteiger partial charge in [0.05, 0.1) is 12.1 Å². The second-order valence-corrected chi connectivity index (χ2v) is 7.62. The third kappa shape index (κ3) is 4.19. The minimum atomic E-state index is -0.889. The largest absolute Gasteiger partial charge is 0.465 e. The molecule has 2 N–H and O–H groups in total. The lowest BCUT2D eigenvalue weighted by atomic mass is 10.0. The number of rotatable bonds is 4. The Morgan fingerprint density at radius 2 is 1.90 bits per heavy atom. The third-order valence-corrected chi connectivity index (χ3v) is 5.52. The average Bonchev–Trinajstić information content (AvgIpc) is 2.72. The van der Waals surface area contributed by atoms with Crippen LogP contribution in [0.4, 0.5) is 10.5 Å². The van der Waals surface area contributed by atoms with Gasteiger partial charge in [-0.05, 0) is 48.7 Å². The van der Waals surface area contributed by atoms with Crippen molar-refractivity contribution in [1.29, 1.82) is 0 Å². The zero-order valence-corrected chi connectivity index (χ0v) is 16.5. The molecule has 0 spiro atoms. The predicted octanol–water partition coefficient (Wildman–Crippen LogP) is 3.65. The van der Waals surface area contributed by atoms with Crippen LogP contribution in [0.5, 0.6) is 0 Å². The fourth-order valence-electron chi connectivity index (χ4n) is 3.75. The lowest BCUT2D eigenvalue weighted by Gasteiger charge is -2.31. The number of likely N-dealkylation sites (tertiary alicyclic amines) is 1. The van der Waals surface area contributed by atoms with Crippen LogP contribution in [-0.4, -0.2) is 44.8 Å². The van der Waals surface area contributed by atoms with E-state index in [9.17, 15) is 9.59 Å². The molecule has 3 aromatic rings. The number of piperidine rings is 1. The average molecular weight is 413 g/mol. The Bertz CT molecular complexity index is 1090. The summed E-state index contributed by atoms with van der Waals surface area (Å²) in [5, 5.41) is 14.0. The highest BCUT2D eigenvalue weighted by atomic mass is 35.5. The number of carboxylic acid groups (broad SMARTS) is 1. The maximum atomic E-state index is 12.9. The number of fused-ring (bicyclic) bond motifs is 1. The van der Waals surface area contributed by atoms with E-state index in [4.69, 9.17) is 16.7 Å². The van der Waals surface area contributed by atoms with Crippen molar-refractivity contribution in [3.63, 3.8) is 0 Å². The van der Waals surface area contributed by atoms with E-state index >= 15 is 0 Å². The van der Waals surface area contributed by atoms with E-state index in [-0.39, 0.29) is 11.6 Å². The van der Waals surface area contributed by atoms with Crippen LogP contribution in [0.1, 0.15) is 18.4 Å². The Hall–Kier alpha value is -3.06. The summed E-state index contributed by atoms with van der Waals surface area (Å²) in [6.07, 6.45) is 3.90. The van der Waals surface area contributed by atoms with Gasteiger partial charge in [-0.2, -0.15) is 0 Å². The number of carbonyl (C=O) groups is 1. The van der Waals surface area contributed by atoms with E-state index in [1.165, 1.54) is 4.90 Å². The van der Waals surface area contributed by atoms with E-state index in [0.717, 1.165) is 22.2 Å². The van der Waals surface area contributed by atoms with Crippen LogP contribution in [0.3, 0.4) is 0 Å². The summed E-state index contributed by atoms with van der Waals surface area (Å²) >= 11 is 6.24. The van der Waals surface area contributed by atoms with Crippen LogP contribution in [0.2, 0.25) is 5.02 Å². The maximum Gasteiger partial charge on any atom is 0.407 e. The van der Waals surface area contributed by atoms with Crippen LogP contribution < -0.4 is 10.9 Å². The Labute approximate surface area is 172 Å². The van der Waals surface area contributed by atoms with E-state index < -0.39 is 6.09 Å². The van der Waals surface area contributed by atoms with Gasteiger partial charge in [-0.1, -0.05) is 11.6 Å². The van der Waals surface area contributed by atoms with Gasteiger partial charge in [0, 0.05) is 53.7 Å². The first kappa shape index (κ1) is 19.3. The fraction of sp³-hybridized carbons (Fsp3) is 0.286. The molecule has 0 unspecified atom stereocenters. The summed E-state index contributed by atoms with van der Waals surface area (Å²) in [4.78, 5) is 29.5. The SMILES string of the molecule is O=C(O)N1CCC(Nc2cc(=O)n(Cc3ccncc3)c3ccc(Cl)cc23)CC1. The molecular formula is C21H21ClN4O3. The number of anilines is 1. The van der Waals surface area contributed by atoms with Crippen LogP contribution >= 0.6 is 11.6 Å². The summed E-state index contributed by atoms with van der Waals surface area (Å²) < 4.78 is 1.72. The van der Waals surface area contributed by atoms with Crippen LogP contribution in [0, 0.1) is 0 Å². The molecule has 8 heteroatoms. The number of amides is 1. The number of nitrogens with zero attached hydrogens (tertiary/aromatic N) is 3. The first-order chi connectivity index (χ1) is 14.0. The molecule has 1 fully saturated rings. The number of nitrogens with one attached hydrogen (secondary N) is 1. The van der Waals surface area contributed by atoms with Crippen LogP contribution in [-0.2, 0) is 6.54 Å². The molecule has 3 heterocycles. The quantitative estimate of drug-likeness (QED) is 0.682. The molecule has 1 amide bonds. The molecule has 1 saturated heterocycles. The van der Waals surface area contributed by atoms with Crippen molar-refractivity contribution in [2.75, 3.05) is 18.4 Å². The summed E-state index contributed by atoms with van der Waals surface area (Å²) in [5.74, 6) is 0. The van der Waals surface area contributed by atoms with Crippen molar-refractivity contribution in [3.8, 4) is 0 Å². The zero-order valence-electron chi connectivity index (χ0n) is 15.7. The van der Waals surface area contributed by atoms with Crippen molar-refractivity contribution < 1.29 is 9.90 Å². The van der Waals surface area contributed by atoms with E-state index in [2.05, 4.69) is 10.3 Å². The van der Waals surface area contributed by atoms with Gasteiger partial charge >= 0.3 is 6.09 Å². The zero-order chi connectivity index (χ0) is 20.4. The number of hydrogen-bond acceptors (Lipinski definition) is 4. The number of aromatic nitrogens is 2. The Morgan fingerprint density at radius 3 is 2.59 bits per heavy atom. The summed E-state index contributed by atoms with van der Waals surface area (Å²) in [5.41, 5.74) is 2.40. The minimum absolute atomic E-state index is 0.100. The van der Waals surface area contributed by atoms with Crippen molar-refractivity contribution in [2.45, 2.75) is 25.4 Å². The van der Waals surface area contributed by atoms with Gasteiger partial charge in [-0.15, -0.1) is 0 Å². The van der Waals surface area contributed by atoms with Crippen molar-refractivity contribution in [2.24, 2.45) is 0 Å². The van der Waals surface area contributed by atoms with Gasteiger partial charge < -0.3 is 19.9 Å². The molecule has 0 radical (unpaired) electrons. The first-order valence-corrected chi connectivity index (χ1v) is 9.85. The molecule has 0 saturated carbocycles. The van der Waals surface area contributed by atoms with Crippen molar-refractivity contribution in [3.05, 3.63) is 69.7 Å². The number of benzene rings is 1. The molecule has 2 aromatic heterocycles. The molecular weight excluding hydrogens is 392 g/mol. The summed E-state index contributed by atoms with van der Waals surface area (Å²) in [7, 11) is 0. The number of halogens is 1. The molecule has 29 heavy (non-hydrogen) atoms. The molecule has 150 valence electrons. The molecule has 7 nitrogen and oxygen atoms in total. The van der Waals surface area contributed by atoms with E-state index in [1.807, 2.05) is 24.3 Å². The molecule has 0 atom stereocenters. The smallest absolute Gasteiger partial charge is 0.407 e. The van der Waals surface area contributed by atoms with Crippen LogP contribution in [0.15, 0.2) is 53.6 Å². The standard InChI is InChI=1S/C21H21ClN4O3/c22-15-1-2-19-17(11-15)18(24-16-5-9-25(10-6-16)21(28)29)12-20(27)26(19)13-14-3-7-23-8-4-14/h1-4,7-8,11-12,16,24H,5-6,9-10,13H2,(H,28,29). The maximum absolute atomic E-state index is 12.9. The van der Waals surface area contributed by atoms with Gasteiger partial charge in [0.25, 0.3) is 5.56 Å². The lowest BCUT2D eigenvalue weighted by Crippen LogP contribution is -2.41. The Morgan fingerprint density at radius 1 is 1.17 bits per heavy atom. The molecule has 0 bridgehead atoms. The monoisotopic (exact) mass is 412 g/mol. The third-order valence-electron chi connectivity index (χ3n) is 5.29. The highest BCUT2D eigenvalue weighted by Crippen LogP contribution is 2.27. The predicted molar refractivity (Wildman–Crippen MR) is 113 cm³/mol. The molecule has 1 aliphatic heterocycles. The van der Waals surface area contributed by atoms with Crippen molar-refractivity contribution in [1.82, 2.24) is 14.5 Å². The topological polar surface area (TPSA) is 87.5 Å². The second-order valence-electron chi connectivity index (χ2n) is 7.19. The second kappa shape index (κ2) is 8.13. The summed E-state index contributed by atoms with van der Waals surface area (Å²) in [6, 6.07) is 11.0. The normalized spacial score (nSPS) is 14.9. The first-order valence-electron chi connectivity index (χ1n) is 9.47. The molecule has 0 aliphatic carbocycles. The molecule has 1 aromatic carbocycles. The molecule has 1 aliphatic rings. The van der Waals surface area contributed by atoms with Gasteiger partial charge in [0.2, 0.25) is 0 Å². The van der Waals surface area contributed by atoms with Crippen LogP contribution in [0.25, 0.3) is 10.9 Å². The molecule has 4 rings (SSSR count). The van der Waals surface area contributed by atoms with Gasteiger partial charge in [0.1, 0.15) is 0 Å². The highest BCUT2D eigenvalue weighted by Gasteiger charge is 2.23. The lowest BCUT2D eigenvalue weighted by molar-refractivity contribution is 0.134. The van der Waals surface area contributed by atoms with Gasteiger partial charge in [0.15, 0.2) is 0 Å².